The summed E-state index contributed by atoms with van der Waals surface area (Å²) in [6, 6.07) is 14.6. The Morgan fingerprint density at radius 2 is 1.96 bits per heavy atom. The van der Waals surface area contributed by atoms with Crippen molar-refractivity contribution < 1.29 is 9.59 Å². The first kappa shape index (κ1) is 16.5. The van der Waals surface area contributed by atoms with Crippen molar-refractivity contribution in [3.05, 3.63) is 64.7 Å². The lowest BCUT2D eigenvalue weighted by molar-refractivity contribution is -0.117. The summed E-state index contributed by atoms with van der Waals surface area (Å²) in [5, 5.41) is 6.35. The first-order valence-electron chi connectivity index (χ1n) is 8.03. The van der Waals surface area contributed by atoms with E-state index in [1.807, 2.05) is 31.2 Å². The second-order valence-electron chi connectivity index (χ2n) is 5.90. The molecule has 1 aliphatic carbocycles. The molecule has 0 saturated heterocycles. The van der Waals surface area contributed by atoms with E-state index in [1.54, 1.807) is 24.3 Å². The number of amides is 2. The van der Waals surface area contributed by atoms with Crippen LogP contribution >= 0.6 is 11.6 Å². The predicted molar refractivity (Wildman–Crippen MR) is 95.4 cm³/mol. The van der Waals surface area contributed by atoms with Gasteiger partial charge in [0, 0.05) is 28.7 Å². The highest BCUT2D eigenvalue weighted by Gasteiger charge is 2.44. The molecule has 2 amide bonds. The maximum absolute atomic E-state index is 12.4. The van der Waals surface area contributed by atoms with Crippen LogP contribution in [0.1, 0.15) is 35.2 Å². The van der Waals surface area contributed by atoms with E-state index in [1.165, 1.54) is 0 Å². The Bertz CT molecular complexity index is 775. The number of halogens is 1. The Balaban J connectivity index is 1.65. The van der Waals surface area contributed by atoms with E-state index < -0.39 is 0 Å². The fourth-order valence-electron chi connectivity index (χ4n) is 2.84. The Labute approximate surface area is 146 Å². The van der Waals surface area contributed by atoms with Crippen molar-refractivity contribution in [3.63, 3.8) is 0 Å². The molecule has 1 aliphatic rings. The summed E-state index contributed by atoms with van der Waals surface area (Å²) < 4.78 is 0. The van der Waals surface area contributed by atoms with Gasteiger partial charge in [0.1, 0.15) is 0 Å². The van der Waals surface area contributed by atoms with E-state index in [4.69, 9.17) is 11.6 Å². The third kappa shape index (κ3) is 3.60. The molecule has 2 aromatic rings. The topological polar surface area (TPSA) is 58.2 Å². The molecule has 2 atom stereocenters. The average Bonchev–Trinajstić information content (AvgIpc) is 3.36. The van der Waals surface area contributed by atoms with E-state index in [-0.39, 0.29) is 23.7 Å². The molecule has 1 fully saturated rings. The molecule has 0 aromatic heterocycles. The third-order valence-corrected chi connectivity index (χ3v) is 4.51. The van der Waals surface area contributed by atoms with Crippen molar-refractivity contribution in [1.29, 1.82) is 0 Å². The van der Waals surface area contributed by atoms with Crippen LogP contribution in [-0.2, 0) is 4.79 Å². The highest BCUT2D eigenvalue weighted by atomic mass is 35.5. The van der Waals surface area contributed by atoms with Gasteiger partial charge < -0.3 is 10.6 Å². The molecule has 124 valence electrons. The molecule has 0 unspecified atom stereocenters. The molecular formula is C19H19ClN2O2. The van der Waals surface area contributed by atoms with Crippen LogP contribution in [0.4, 0.5) is 5.69 Å². The van der Waals surface area contributed by atoms with Crippen molar-refractivity contribution >= 4 is 29.1 Å². The standard InChI is InChI=1S/C19H19ClN2O2/c1-2-21-18(23)12-6-5-7-13(10-12)22-19(24)16-11-15(16)14-8-3-4-9-17(14)20/h3-10,15-16H,2,11H2,1H3,(H,21,23)(H,22,24)/t15-,16+/m1/s1. The lowest BCUT2D eigenvalue weighted by Crippen LogP contribution is -2.23. The van der Waals surface area contributed by atoms with E-state index in [0.29, 0.717) is 22.8 Å². The monoisotopic (exact) mass is 342 g/mol. The number of hydrogen-bond donors (Lipinski definition) is 2. The molecular weight excluding hydrogens is 324 g/mol. The number of hydrogen-bond acceptors (Lipinski definition) is 2. The fraction of sp³-hybridized carbons (Fsp3) is 0.263. The van der Waals surface area contributed by atoms with Gasteiger partial charge in [-0.3, -0.25) is 9.59 Å². The molecule has 0 spiro atoms. The molecule has 1 saturated carbocycles. The highest BCUT2D eigenvalue weighted by molar-refractivity contribution is 6.31. The number of carbonyl (C=O) groups is 2. The normalized spacial score (nSPS) is 18.8. The van der Waals surface area contributed by atoms with Crippen LogP contribution in [0.3, 0.4) is 0 Å². The second kappa shape index (κ2) is 7.05. The summed E-state index contributed by atoms with van der Waals surface area (Å²) in [6.07, 6.45) is 0.797. The molecule has 0 aliphatic heterocycles. The Hall–Kier alpha value is -2.33. The van der Waals surface area contributed by atoms with Gasteiger partial charge in [-0.15, -0.1) is 0 Å². The van der Waals surface area contributed by atoms with Crippen LogP contribution in [0, 0.1) is 5.92 Å². The van der Waals surface area contributed by atoms with Crippen molar-refractivity contribution in [2.75, 3.05) is 11.9 Å². The lowest BCUT2D eigenvalue weighted by atomic mass is 10.1. The van der Waals surface area contributed by atoms with Crippen LogP contribution in [0.5, 0.6) is 0 Å². The van der Waals surface area contributed by atoms with Crippen LogP contribution in [0.15, 0.2) is 48.5 Å². The van der Waals surface area contributed by atoms with Gasteiger partial charge in [-0.25, -0.2) is 0 Å². The Morgan fingerprint density at radius 3 is 2.71 bits per heavy atom. The minimum atomic E-state index is -0.144. The Morgan fingerprint density at radius 1 is 1.17 bits per heavy atom. The summed E-state index contributed by atoms with van der Waals surface area (Å²) in [5.41, 5.74) is 2.19. The number of anilines is 1. The van der Waals surface area contributed by atoms with E-state index in [9.17, 15) is 9.59 Å². The van der Waals surface area contributed by atoms with E-state index in [2.05, 4.69) is 10.6 Å². The zero-order chi connectivity index (χ0) is 17.1. The van der Waals surface area contributed by atoms with Gasteiger partial charge in [0.15, 0.2) is 0 Å². The lowest BCUT2D eigenvalue weighted by Gasteiger charge is -2.08. The van der Waals surface area contributed by atoms with Gasteiger partial charge in [0.2, 0.25) is 5.91 Å². The van der Waals surface area contributed by atoms with E-state index in [0.717, 1.165) is 12.0 Å². The number of nitrogens with one attached hydrogen (secondary N) is 2. The number of rotatable bonds is 5. The molecule has 0 bridgehead atoms. The van der Waals surface area contributed by atoms with Crippen LogP contribution in [0.2, 0.25) is 5.02 Å². The van der Waals surface area contributed by atoms with Gasteiger partial charge in [-0.2, -0.15) is 0 Å². The molecule has 2 aromatic carbocycles. The molecule has 5 heteroatoms. The third-order valence-electron chi connectivity index (χ3n) is 4.16. The van der Waals surface area contributed by atoms with Gasteiger partial charge >= 0.3 is 0 Å². The van der Waals surface area contributed by atoms with Crippen LogP contribution in [-0.4, -0.2) is 18.4 Å². The zero-order valence-electron chi connectivity index (χ0n) is 13.4. The van der Waals surface area contributed by atoms with Gasteiger partial charge in [0.25, 0.3) is 5.91 Å². The summed E-state index contributed by atoms with van der Waals surface area (Å²) in [4.78, 5) is 24.3. The molecule has 4 nitrogen and oxygen atoms in total. The van der Waals surface area contributed by atoms with Crippen molar-refractivity contribution in [1.82, 2.24) is 5.32 Å². The van der Waals surface area contributed by atoms with Crippen molar-refractivity contribution in [3.8, 4) is 0 Å². The summed E-state index contributed by atoms with van der Waals surface area (Å²) >= 11 is 6.20. The summed E-state index contributed by atoms with van der Waals surface area (Å²) in [5.74, 6) is -0.0785. The first-order chi connectivity index (χ1) is 11.6. The smallest absolute Gasteiger partial charge is 0.251 e. The maximum atomic E-state index is 12.4. The Kier molecular flexibility index (Phi) is 4.86. The quantitative estimate of drug-likeness (QED) is 0.867. The van der Waals surface area contributed by atoms with E-state index >= 15 is 0 Å². The summed E-state index contributed by atoms with van der Waals surface area (Å²) in [7, 11) is 0. The summed E-state index contributed by atoms with van der Waals surface area (Å²) in [6.45, 7) is 2.43. The highest BCUT2D eigenvalue weighted by Crippen LogP contribution is 2.49. The first-order valence-corrected chi connectivity index (χ1v) is 8.41. The fourth-order valence-corrected chi connectivity index (χ4v) is 3.12. The molecule has 3 rings (SSSR count). The van der Waals surface area contributed by atoms with Crippen molar-refractivity contribution in [2.45, 2.75) is 19.3 Å². The van der Waals surface area contributed by atoms with Gasteiger partial charge in [-0.1, -0.05) is 35.9 Å². The second-order valence-corrected chi connectivity index (χ2v) is 6.31. The SMILES string of the molecule is CCNC(=O)c1cccc(NC(=O)[C@H]2C[C@@H]2c2ccccc2Cl)c1. The average molecular weight is 343 g/mol. The molecule has 0 heterocycles. The zero-order valence-corrected chi connectivity index (χ0v) is 14.1. The minimum absolute atomic E-state index is 0.0343. The maximum Gasteiger partial charge on any atom is 0.251 e. The van der Waals surface area contributed by atoms with Crippen molar-refractivity contribution in [2.24, 2.45) is 5.92 Å². The minimum Gasteiger partial charge on any atom is -0.352 e. The number of benzene rings is 2. The predicted octanol–water partition coefficient (Wildman–Crippen LogP) is 3.83. The van der Waals surface area contributed by atoms with Gasteiger partial charge in [-0.05, 0) is 49.1 Å². The molecule has 24 heavy (non-hydrogen) atoms. The van der Waals surface area contributed by atoms with Gasteiger partial charge in [0.05, 0.1) is 0 Å². The molecule has 0 radical (unpaired) electrons. The van der Waals surface area contributed by atoms with Crippen LogP contribution < -0.4 is 10.6 Å². The largest absolute Gasteiger partial charge is 0.352 e. The number of carbonyl (C=O) groups excluding carboxylic acids is 2. The van der Waals surface area contributed by atoms with Crippen LogP contribution in [0.25, 0.3) is 0 Å². The molecule has 2 N–H and O–H groups in total.